The van der Waals surface area contributed by atoms with Crippen LogP contribution >= 0.6 is 15.9 Å². The fraction of sp³-hybridized carbons (Fsp3) is 0.100. The van der Waals surface area contributed by atoms with E-state index in [0.717, 1.165) is 4.47 Å². The van der Waals surface area contributed by atoms with Gasteiger partial charge in [0, 0.05) is 5.56 Å². The van der Waals surface area contributed by atoms with Crippen LogP contribution in [-0.2, 0) is 0 Å². The number of benzene rings is 1. The Bertz CT molecular complexity index is 611. The quantitative estimate of drug-likeness (QED) is 0.868. The van der Waals surface area contributed by atoms with Crippen molar-refractivity contribution in [2.24, 2.45) is 0 Å². The summed E-state index contributed by atoms with van der Waals surface area (Å²) in [7, 11) is 1.57. The lowest BCUT2D eigenvalue weighted by Crippen LogP contribution is -2.15. The van der Waals surface area contributed by atoms with Crippen LogP contribution in [-0.4, -0.2) is 22.1 Å². The molecule has 0 aliphatic rings. The van der Waals surface area contributed by atoms with Gasteiger partial charge in [-0.25, -0.2) is 4.79 Å². The summed E-state index contributed by atoms with van der Waals surface area (Å²) in [4.78, 5) is 21.1. The maximum Gasteiger partial charge on any atom is 0.349 e. The van der Waals surface area contributed by atoms with Gasteiger partial charge in [-0.1, -0.05) is 0 Å². The van der Waals surface area contributed by atoms with Crippen LogP contribution in [0.1, 0.15) is 0 Å². The number of halogens is 1. The predicted molar refractivity (Wildman–Crippen MR) is 66.8 cm³/mol. The summed E-state index contributed by atoms with van der Waals surface area (Å²) in [6.45, 7) is 0. The number of hydrogen-bond donors (Lipinski definition) is 2. The van der Waals surface area contributed by atoms with Crippen molar-refractivity contribution >= 4 is 21.9 Å². The molecule has 6 nitrogen and oxygen atoms in total. The molecular weight excluding hydrogens is 288 g/mol. The van der Waals surface area contributed by atoms with E-state index in [4.69, 9.17) is 10.5 Å². The topological polar surface area (TPSA) is 93.9 Å². The second-order valence-corrected chi connectivity index (χ2v) is 4.06. The van der Waals surface area contributed by atoms with Crippen LogP contribution in [0.25, 0.3) is 11.4 Å². The summed E-state index contributed by atoms with van der Waals surface area (Å²) in [5, 5.41) is 0. The van der Waals surface area contributed by atoms with Gasteiger partial charge in [-0.15, -0.1) is 0 Å². The summed E-state index contributed by atoms with van der Waals surface area (Å²) in [5.41, 5.74) is 5.60. The minimum Gasteiger partial charge on any atom is -0.496 e. The van der Waals surface area contributed by atoms with Crippen LogP contribution < -0.4 is 16.2 Å². The minimum atomic E-state index is -0.528. The molecule has 0 saturated heterocycles. The molecule has 0 aliphatic heterocycles. The van der Waals surface area contributed by atoms with Gasteiger partial charge in [0.25, 0.3) is 0 Å². The Balaban J connectivity index is 2.53. The zero-order valence-corrected chi connectivity index (χ0v) is 10.5. The van der Waals surface area contributed by atoms with Crippen LogP contribution in [0.4, 0.5) is 5.95 Å². The van der Waals surface area contributed by atoms with Crippen LogP contribution in [0, 0.1) is 0 Å². The molecular formula is C10H9BrN4O2. The molecule has 17 heavy (non-hydrogen) atoms. The van der Waals surface area contributed by atoms with Gasteiger partial charge in [-0.05, 0) is 34.1 Å². The van der Waals surface area contributed by atoms with Gasteiger partial charge in [0.15, 0.2) is 0 Å². The van der Waals surface area contributed by atoms with Crippen LogP contribution in [0.3, 0.4) is 0 Å². The molecule has 0 bridgehead atoms. The number of aromatic amines is 1. The number of H-pyrrole nitrogens is 1. The molecule has 0 radical (unpaired) electrons. The smallest absolute Gasteiger partial charge is 0.349 e. The van der Waals surface area contributed by atoms with Gasteiger partial charge >= 0.3 is 5.69 Å². The van der Waals surface area contributed by atoms with E-state index in [2.05, 4.69) is 30.9 Å². The maximum atomic E-state index is 11.2. The first-order chi connectivity index (χ1) is 8.10. The number of nitrogens with zero attached hydrogens (tertiary/aromatic N) is 2. The van der Waals surface area contributed by atoms with E-state index in [0.29, 0.717) is 17.1 Å². The average Bonchev–Trinajstić information content (AvgIpc) is 2.27. The molecule has 1 aromatic carbocycles. The van der Waals surface area contributed by atoms with Crippen molar-refractivity contribution < 1.29 is 4.74 Å². The molecule has 1 aromatic heterocycles. The van der Waals surface area contributed by atoms with Crippen molar-refractivity contribution in [3.8, 4) is 17.1 Å². The second kappa shape index (κ2) is 4.54. The first-order valence-electron chi connectivity index (χ1n) is 4.68. The lowest BCUT2D eigenvalue weighted by Gasteiger charge is -2.05. The first-order valence-corrected chi connectivity index (χ1v) is 5.47. The lowest BCUT2D eigenvalue weighted by atomic mass is 10.2. The van der Waals surface area contributed by atoms with E-state index in [9.17, 15) is 4.79 Å². The third-order valence-electron chi connectivity index (χ3n) is 2.09. The van der Waals surface area contributed by atoms with Crippen LogP contribution in [0.15, 0.2) is 27.5 Å². The monoisotopic (exact) mass is 296 g/mol. The number of anilines is 1. The van der Waals surface area contributed by atoms with E-state index in [-0.39, 0.29) is 5.95 Å². The molecule has 0 aliphatic carbocycles. The molecule has 0 atom stereocenters. The lowest BCUT2D eigenvalue weighted by molar-refractivity contribution is 0.412. The van der Waals surface area contributed by atoms with E-state index < -0.39 is 5.69 Å². The van der Waals surface area contributed by atoms with Crippen molar-refractivity contribution in [1.82, 2.24) is 15.0 Å². The molecule has 7 heteroatoms. The molecule has 1 heterocycles. The fourth-order valence-corrected chi connectivity index (χ4v) is 1.89. The van der Waals surface area contributed by atoms with Gasteiger partial charge in [-0.2, -0.15) is 9.97 Å². The number of hydrogen-bond acceptors (Lipinski definition) is 5. The first kappa shape index (κ1) is 11.6. The molecule has 2 aromatic rings. The maximum absolute atomic E-state index is 11.2. The Hall–Kier alpha value is -1.89. The summed E-state index contributed by atoms with van der Waals surface area (Å²) < 4.78 is 5.87. The Kier molecular flexibility index (Phi) is 3.10. The molecule has 0 fully saturated rings. The predicted octanol–water partition coefficient (Wildman–Crippen LogP) is 1.19. The van der Waals surface area contributed by atoms with Crippen LogP contribution in [0.2, 0.25) is 0 Å². The summed E-state index contributed by atoms with van der Waals surface area (Å²) in [6, 6.07) is 5.30. The van der Waals surface area contributed by atoms with Crippen molar-refractivity contribution in [1.29, 1.82) is 0 Å². The standard InChI is InChI=1S/C10H9BrN4O2/c1-17-7-3-2-5(4-6(7)11)8-13-9(12)15-10(16)14-8/h2-4H,1H3,(H3,12,13,14,15,16). The summed E-state index contributed by atoms with van der Waals surface area (Å²) in [5.74, 6) is 1.000. The highest BCUT2D eigenvalue weighted by Gasteiger charge is 2.06. The average molecular weight is 297 g/mol. The molecule has 0 spiro atoms. The molecule has 0 unspecified atom stereocenters. The Labute approximate surface area is 105 Å². The summed E-state index contributed by atoms with van der Waals surface area (Å²) >= 11 is 3.35. The minimum absolute atomic E-state index is 0.0595. The normalized spacial score (nSPS) is 10.2. The number of nitrogen functional groups attached to an aromatic ring is 1. The zero-order valence-electron chi connectivity index (χ0n) is 8.90. The molecule has 0 amide bonds. The van der Waals surface area contributed by atoms with Crippen LogP contribution in [0.5, 0.6) is 5.75 Å². The summed E-state index contributed by atoms with van der Waals surface area (Å²) in [6.07, 6.45) is 0. The van der Waals surface area contributed by atoms with Crippen molar-refractivity contribution in [2.75, 3.05) is 12.8 Å². The Morgan fingerprint density at radius 1 is 1.41 bits per heavy atom. The number of nitrogens with two attached hydrogens (primary N) is 1. The van der Waals surface area contributed by atoms with Gasteiger partial charge in [-0.3, -0.25) is 4.98 Å². The van der Waals surface area contributed by atoms with E-state index in [1.54, 1.807) is 25.3 Å². The number of nitrogens with one attached hydrogen (secondary N) is 1. The zero-order chi connectivity index (χ0) is 12.4. The van der Waals surface area contributed by atoms with Gasteiger partial charge in [0.05, 0.1) is 11.6 Å². The molecule has 3 N–H and O–H groups in total. The Morgan fingerprint density at radius 3 is 2.76 bits per heavy atom. The number of aromatic nitrogens is 3. The van der Waals surface area contributed by atoms with Crippen molar-refractivity contribution in [3.63, 3.8) is 0 Å². The van der Waals surface area contributed by atoms with Gasteiger partial charge in [0.1, 0.15) is 11.6 Å². The van der Waals surface area contributed by atoms with Crippen molar-refractivity contribution in [3.05, 3.63) is 33.2 Å². The number of ether oxygens (including phenoxy) is 1. The molecule has 0 saturated carbocycles. The molecule has 2 rings (SSSR count). The highest BCUT2D eigenvalue weighted by atomic mass is 79.9. The Morgan fingerprint density at radius 2 is 2.18 bits per heavy atom. The van der Waals surface area contributed by atoms with Gasteiger partial charge in [0.2, 0.25) is 5.95 Å². The third-order valence-corrected chi connectivity index (χ3v) is 2.71. The van der Waals surface area contributed by atoms with E-state index in [1.807, 2.05) is 0 Å². The third kappa shape index (κ3) is 2.44. The highest BCUT2D eigenvalue weighted by Crippen LogP contribution is 2.28. The SMILES string of the molecule is COc1ccc(-c2nc(N)nc(=O)[nH]2)cc1Br. The fourth-order valence-electron chi connectivity index (χ4n) is 1.35. The largest absolute Gasteiger partial charge is 0.496 e. The molecule has 88 valence electrons. The van der Waals surface area contributed by atoms with Gasteiger partial charge < -0.3 is 10.5 Å². The van der Waals surface area contributed by atoms with E-state index in [1.165, 1.54) is 0 Å². The highest BCUT2D eigenvalue weighted by molar-refractivity contribution is 9.10. The number of methoxy groups -OCH3 is 1. The number of rotatable bonds is 2. The van der Waals surface area contributed by atoms with Crippen molar-refractivity contribution in [2.45, 2.75) is 0 Å². The second-order valence-electron chi connectivity index (χ2n) is 3.21. The van der Waals surface area contributed by atoms with E-state index >= 15 is 0 Å².